The van der Waals surface area contributed by atoms with Gasteiger partial charge in [0.2, 0.25) is 0 Å². The fourth-order valence-corrected chi connectivity index (χ4v) is 2.82. The van der Waals surface area contributed by atoms with E-state index in [1.54, 1.807) is 0 Å². The minimum atomic E-state index is 0.792. The van der Waals surface area contributed by atoms with Gasteiger partial charge in [-0.1, -0.05) is 34.8 Å². The zero-order chi connectivity index (χ0) is 15.7. The highest BCUT2D eigenvalue weighted by Gasteiger charge is 1.99. The van der Waals surface area contributed by atoms with E-state index >= 15 is 0 Å². The first kappa shape index (κ1) is 15.0. The van der Waals surface area contributed by atoms with Gasteiger partial charge in [0.25, 0.3) is 0 Å². The Morgan fingerprint density at radius 1 is 0.773 bits per heavy atom. The van der Waals surface area contributed by atoms with Crippen LogP contribution >= 0.6 is 23.2 Å². The molecule has 112 valence electrons. The predicted octanol–water partition coefficient (Wildman–Crippen LogP) is 6.26. The Hall–Kier alpha value is -1.90. The summed E-state index contributed by atoms with van der Waals surface area (Å²) >= 11 is 11.7. The highest BCUT2D eigenvalue weighted by Crippen LogP contribution is 2.23. The van der Waals surface area contributed by atoms with Gasteiger partial charge in [0.05, 0.1) is 5.02 Å². The molecule has 2 nitrogen and oxygen atoms in total. The van der Waals surface area contributed by atoms with E-state index < -0.39 is 0 Å². The number of hydrogen-bond acceptors (Lipinski definition) is 0. The first-order valence-corrected chi connectivity index (χ1v) is 7.76. The molecule has 0 saturated carbocycles. The molecule has 0 saturated heterocycles. The summed E-state index contributed by atoms with van der Waals surface area (Å²) in [5, 5.41) is 3.90. The summed E-state index contributed by atoms with van der Waals surface area (Å²) in [6.07, 6.45) is 3.80. The Balaban J connectivity index is 0.000000131. The number of aromatic amines is 2. The van der Waals surface area contributed by atoms with Gasteiger partial charge in [0.1, 0.15) is 0 Å². The lowest BCUT2D eigenvalue weighted by molar-refractivity contribution is 1.43. The summed E-state index contributed by atoms with van der Waals surface area (Å²) in [7, 11) is 0. The van der Waals surface area contributed by atoms with Crippen LogP contribution in [0.15, 0.2) is 48.8 Å². The standard InChI is InChI=1S/2C9H8ClN/c1-6-5-11-9-3-2-7(10)4-8(6)9;1-6-2-3-9-7(4-6)8(10)5-11-9/h2*2-5,11H,1H3. The van der Waals surface area contributed by atoms with Crippen molar-refractivity contribution in [2.24, 2.45) is 0 Å². The van der Waals surface area contributed by atoms with Gasteiger partial charge in [-0.2, -0.15) is 0 Å². The van der Waals surface area contributed by atoms with Crippen molar-refractivity contribution in [3.63, 3.8) is 0 Å². The Labute approximate surface area is 139 Å². The summed E-state index contributed by atoms with van der Waals surface area (Å²) in [5.41, 5.74) is 4.72. The Kier molecular flexibility index (Phi) is 4.14. The third-order valence-electron chi connectivity index (χ3n) is 3.64. The van der Waals surface area contributed by atoms with E-state index in [-0.39, 0.29) is 0 Å². The summed E-state index contributed by atoms with van der Waals surface area (Å²) in [4.78, 5) is 6.24. The molecule has 4 heteroatoms. The molecule has 0 fully saturated rings. The first-order valence-electron chi connectivity index (χ1n) is 7.01. The third kappa shape index (κ3) is 2.99. The van der Waals surface area contributed by atoms with Crippen LogP contribution in [-0.4, -0.2) is 9.97 Å². The number of H-pyrrole nitrogens is 2. The second kappa shape index (κ2) is 6.07. The zero-order valence-corrected chi connectivity index (χ0v) is 13.9. The van der Waals surface area contributed by atoms with E-state index in [0.717, 1.165) is 26.5 Å². The van der Waals surface area contributed by atoms with Crippen LogP contribution < -0.4 is 0 Å². The van der Waals surface area contributed by atoms with Crippen molar-refractivity contribution in [1.82, 2.24) is 9.97 Å². The van der Waals surface area contributed by atoms with Crippen molar-refractivity contribution in [2.75, 3.05) is 0 Å². The summed E-state index contributed by atoms with van der Waals surface area (Å²) in [6.45, 7) is 4.12. The lowest BCUT2D eigenvalue weighted by Crippen LogP contribution is -1.70. The van der Waals surface area contributed by atoms with E-state index in [4.69, 9.17) is 23.2 Å². The van der Waals surface area contributed by atoms with Gasteiger partial charge in [-0.05, 0) is 49.7 Å². The van der Waals surface area contributed by atoms with Crippen molar-refractivity contribution >= 4 is 45.0 Å². The van der Waals surface area contributed by atoms with Gasteiger partial charge in [0, 0.05) is 39.2 Å². The Bertz CT molecular complexity index is 857. The van der Waals surface area contributed by atoms with Crippen molar-refractivity contribution < 1.29 is 0 Å². The van der Waals surface area contributed by atoms with Gasteiger partial charge in [0.15, 0.2) is 0 Å². The molecule has 2 aromatic carbocycles. The maximum atomic E-state index is 5.91. The molecule has 0 spiro atoms. The summed E-state index contributed by atoms with van der Waals surface area (Å²) < 4.78 is 0. The second-order valence-electron chi connectivity index (χ2n) is 5.35. The number of benzene rings is 2. The van der Waals surface area contributed by atoms with E-state index in [1.807, 2.05) is 36.7 Å². The lowest BCUT2D eigenvalue weighted by Gasteiger charge is -1.92. The smallest absolute Gasteiger partial charge is 0.0659 e. The van der Waals surface area contributed by atoms with Gasteiger partial charge in [-0.3, -0.25) is 0 Å². The minimum absolute atomic E-state index is 0.792. The molecule has 22 heavy (non-hydrogen) atoms. The predicted molar refractivity (Wildman–Crippen MR) is 96.1 cm³/mol. The quantitative estimate of drug-likeness (QED) is 0.381. The zero-order valence-electron chi connectivity index (χ0n) is 12.4. The number of aromatic nitrogens is 2. The van der Waals surface area contributed by atoms with Crippen LogP contribution in [0.25, 0.3) is 21.8 Å². The van der Waals surface area contributed by atoms with Crippen LogP contribution in [0.1, 0.15) is 11.1 Å². The largest absolute Gasteiger partial charge is 0.361 e. The van der Waals surface area contributed by atoms with Crippen LogP contribution in [0.2, 0.25) is 10.0 Å². The van der Waals surface area contributed by atoms with E-state index in [0.29, 0.717) is 0 Å². The van der Waals surface area contributed by atoms with Crippen LogP contribution in [0.5, 0.6) is 0 Å². The average Bonchev–Trinajstić information content (AvgIpc) is 3.04. The third-order valence-corrected chi connectivity index (χ3v) is 4.19. The minimum Gasteiger partial charge on any atom is -0.361 e. The molecule has 4 rings (SSSR count). The van der Waals surface area contributed by atoms with Crippen LogP contribution in [0.4, 0.5) is 0 Å². The summed E-state index contributed by atoms with van der Waals surface area (Å²) in [5.74, 6) is 0. The maximum absolute atomic E-state index is 5.91. The number of aryl methyl sites for hydroxylation is 2. The molecule has 0 atom stereocenters. The number of halogens is 2. The Morgan fingerprint density at radius 2 is 1.45 bits per heavy atom. The van der Waals surface area contributed by atoms with Crippen molar-refractivity contribution in [1.29, 1.82) is 0 Å². The maximum Gasteiger partial charge on any atom is 0.0659 e. The molecule has 0 aliphatic heterocycles. The normalized spacial score (nSPS) is 10.7. The molecule has 0 aliphatic rings. The number of hydrogen-bond donors (Lipinski definition) is 2. The highest BCUT2D eigenvalue weighted by molar-refractivity contribution is 6.35. The number of nitrogens with one attached hydrogen (secondary N) is 2. The SMILES string of the molecule is Cc1c[nH]c2ccc(Cl)cc12.Cc1ccc2[nH]cc(Cl)c2c1. The molecule has 0 aliphatic carbocycles. The van der Waals surface area contributed by atoms with Gasteiger partial charge in [-0.15, -0.1) is 0 Å². The molecule has 4 aromatic rings. The molecule has 2 N–H and O–H groups in total. The molecule has 0 radical (unpaired) electrons. The van der Waals surface area contributed by atoms with E-state index in [1.165, 1.54) is 16.5 Å². The molecule has 0 amide bonds. The fraction of sp³-hybridized carbons (Fsp3) is 0.111. The van der Waals surface area contributed by atoms with Crippen molar-refractivity contribution in [3.8, 4) is 0 Å². The fourth-order valence-electron chi connectivity index (χ4n) is 2.43. The number of fused-ring (bicyclic) bond motifs is 2. The van der Waals surface area contributed by atoms with Gasteiger partial charge < -0.3 is 9.97 Å². The molecule has 2 aromatic heterocycles. The van der Waals surface area contributed by atoms with E-state index in [2.05, 4.69) is 35.9 Å². The monoisotopic (exact) mass is 330 g/mol. The van der Waals surface area contributed by atoms with Gasteiger partial charge in [-0.25, -0.2) is 0 Å². The second-order valence-corrected chi connectivity index (χ2v) is 6.19. The van der Waals surface area contributed by atoms with Crippen LogP contribution in [0, 0.1) is 13.8 Å². The molecular formula is C18H16Cl2N2. The van der Waals surface area contributed by atoms with Crippen molar-refractivity contribution in [2.45, 2.75) is 13.8 Å². The number of rotatable bonds is 0. The lowest BCUT2D eigenvalue weighted by atomic mass is 10.2. The molecule has 2 heterocycles. The molecule has 0 unspecified atom stereocenters. The summed E-state index contributed by atoms with van der Waals surface area (Å²) in [6, 6.07) is 12.0. The molecular weight excluding hydrogens is 315 g/mol. The van der Waals surface area contributed by atoms with Crippen molar-refractivity contribution in [3.05, 3.63) is 70.0 Å². The van der Waals surface area contributed by atoms with Crippen LogP contribution in [0.3, 0.4) is 0 Å². The van der Waals surface area contributed by atoms with E-state index in [9.17, 15) is 0 Å². The Morgan fingerprint density at radius 3 is 2.27 bits per heavy atom. The van der Waals surface area contributed by atoms with Crippen LogP contribution in [-0.2, 0) is 0 Å². The topological polar surface area (TPSA) is 31.6 Å². The molecule has 0 bridgehead atoms. The highest BCUT2D eigenvalue weighted by atomic mass is 35.5. The average molecular weight is 331 g/mol. The van der Waals surface area contributed by atoms with Gasteiger partial charge >= 0.3 is 0 Å². The first-order chi connectivity index (χ1) is 10.5.